The van der Waals surface area contributed by atoms with Gasteiger partial charge >= 0.3 is 5.97 Å². The van der Waals surface area contributed by atoms with Crippen LogP contribution in [0.1, 0.15) is 60.9 Å². The number of carbonyl (C=O) groups excluding carboxylic acids is 1. The smallest absolute Gasteiger partial charge is 0.336 e. The molecule has 0 aromatic heterocycles. The van der Waals surface area contributed by atoms with E-state index in [0.29, 0.717) is 63.4 Å². The first kappa shape index (κ1) is 42.1. The second kappa shape index (κ2) is 19.2. The fourth-order valence-corrected chi connectivity index (χ4v) is 6.72. The molecule has 58 heavy (non-hydrogen) atoms. The Balaban J connectivity index is 0.000000205. The summed E-state index contributed by atoms with van der Waals surface area (Å²) in [5, 5.41) is 36.5. The number of benzene rings is 6. The fraction of sp³-hybridized carbons (Fsp3) is 0.167. The Kier molecular flexibility index (Phi) is 13.9. The molecule has 8 rings (SSSR count). The predicted octanol–water partition coefficient (Wildman–Crippen LogP) is 9.23. The summed E-state index contributed by atoms with van der Waals surface area (Å²) in [4.78, 5) is 39.6. The number of aromatic hydroxyl groups is 1. The second-order valence-corrected chi connectivity index (χ2v) is 12.5. The molecule has 0 bridgehead atoms. The van der Waals surface area contributed by atoms with Gasteiger partial charge in [0.25, 0.3) is 0 Å². The van der Waals surface area contributed by atoms with Crippen LogP contribution in [0.2, 0.25) is 0 Å². The first-order valence-electron chi connectivity index (χ1n) is 19.1. The van der Waals surface area contributed by atoms with Gasteiger partial charge in [-0.2, -0.15) is 0 Å². The predicted molar refractivity (Wildman–Crippen MR) is 227 cm³/mol. The number of aromatic carboxylic acids is 2. The lowest BCUT2D eigenvalue weighted by Crippen LogP contribution is -2.23. The highest BCUT2D eigenvalue weighted by molar-refractivity contribution is 6.08. The summed E-state index contributed by atoms with van der Waals surface area (Å²) in [6.45, 7) is 11.4. The van der Waals surface area contributed by atoms with Gasteiger partial charge in [0.1, 0.15) is 28.4 Å². The van der Waals surface area contributed by atoms with Crippen molar-refractivity contribution in [1.29, 1.82) is 0 Å². The van der Waals surface area contributed by atoms with Crippen molar-refractivity contribution < 1.29 is 33.7 Å². The molecule has 10 heteroatoms. The molecule has 4 aromatic rings. The van der Waals surface area contributed by atoms with Gasteiger partial charge in [-0.25, -0.2) is 4.79 Å². The largest absolute Gasteiger partial charge is 0.545 e. The van der Waals surface area contributed by atoms with Crippen molar-refractivity contribution in [3.05, 3.63) is 154 Å². The lowest BCUT2D eigenvalue weighted by atomic mass is 9.90. The maximum absolute atomic E-state index is 11.8. The maximum Gasteiger partial charge on any atom is 0.336 e. The lowest BCUT2D eigenvalue weighted by Gasteiger charge is -2.18. The third-order valence-corrected chi connectivity index (χ3v) is 9.01. The van der Waals surface area contributed by atoms with Gasteiger partial charge in [0, 0.05) is 69.9 Å². The molecule has 3 N–H and O–H groups in total. The minimum Gasteiger partial charge on any atom is -0.545 e. The number of rotatable bonds is 7. The normalized spacial score (nSPS) is 11.0. The van der Waals surface area contributed by atoms with E-state index in [2.05, 4.69) is 10.3 Å². The molecule has 0 amide bonds. The van der Waals surface area contributed by atoms with Crippen LogP contribution in [0.5, 0.6) is 5.75 Å². The zero-order chi connectivity index (χ0) is 41.9. The second-order valence-electron chi connectivity index (χ2n) is 12.5. The van der Waals surface area contributed by atoms with Crippen LogP contribution in [-0.2, 0) is 6.54 Å². The molecule has 2 aliphatic heterocycles. The number of carboxylic acids is 2. The Morgan fingerprint density at radius 3 is 1.83 bits per heavy atom. The van der Waals surface area contributed by atoms with Gasteiger partial charge in [-0.1, -0.05) is 82.3 Å². The fourth-order valence-electron chi connectivity index (χ4n) is 6.72. The summed E-state index contributed by atoms with van der Waals surface area (Å²) in [6, 6.07) is 34.4. The van der Waals surface area contributed by atoms with E-state index in [0.717, 1.165) is 27.4 Å². The molecule has 0 spiro atoms. The van der Waals surface area contributed by atoms with Crippen LogP contribution >= 0.6 is 0 Å². The number of fused-ring (bicyclic) bond motifs is 4. The molecule has 0 fully saturated rings. The van der Waals surface area contributed by atoms with Crippen LogP contribution in [-0.4, -0.2) is 35.7 Å². The van der Waals surface area contributed by atoms with Crippen molar-refractivity contribution in [2.24, 2.45) is 4.99 Å². The van der Waals surface area contributed by atoms with Crippen molar-refractivity contribution in [1.82, 2.24) is 5.32 Å². The number of carbonyl (C=O) groups is 2. The van der Waals surface area contributed by atoms with Crippen LogP contribution < -0.4 is 21.2 Å². The standard InChI is InChI=1S/C24H22N2O3.C20H12O5.2C2H6/c1-3-26-16-9-11-20-22(13-16)29-21-12-15(14-25-2)8-10-19(21)23(20)17-6-4-5-7-18(17)24(27)28;21-11-5-7-15-17(9-11)25-18-10-12(22)6-8-16(18)19(15)13-3-1-2-4-14(13)20(23)24;2*1-2/h4-13,25H,3,14H2,1-2H3,(H,27,28);1-10,21H,(H,23,24);2*1-2H3/p-1. The van der Waals surface area contributed by atoms with Gasteiger partial charge in [-0.3, -0.25) is 9.79 Å². The average molecular weight is 778 g/mol. The zero-order valence-corrected chi connectivity index (χ0v) is 33.3. The molecule has 4 aromatic carbocycles. The Bertz CT molecular complexity index is 2780. The summed E-state index contributed by atoms with van der Waals surface area (Å²) in [5.41, 5.74) is 6.30. The van der Waals surface area contributed by atoms with E-state index < -0.39 is 11.9 Å². The summed E-state index contributed by atoms with van der Waals surface area (Å²) in [5.74, 6) is -1.23. The zero-order valence-electron chi connectivity index (χ0n) is 33.3. The van der Waals surface area contributed by atoms with Gasteiger partial charge in [0.05, 0.1) is 16.9 Å². The van der Waals surface area contributed by atoms with Crippen LogP contribution in [0.25, 0.3) is 66.8 Å². The maximum atomic E-state index is 11.8. The number of phenolic OH excluding ortho intramolecular Hbond substituents is 1. The molecule has 0 saturated heterocycles. The monoisotopic (exact) mass is 777 g/mol. The third-order valence-electron chi connectivity index (χ3n) is 9.01. The Hall–Kier alpha value is -7.04. The lowest BCUT2D eigenvalue weighted by molar-refractivity contribution is -0.254. The van der Waals surface area contributed by atoms with E-state index in [1.54, 1.807) is 42.5 Å². The topological polar surface area (TPSA) is 165 Å². The highest BCUT2D eigenvalue weighted by Gasteiger charge is 2.22. The summed E-state index contributed by atoms with van der Waals surface area (Å²) < 4.78 is 12.0. The Morgan fingerprint density at radius 2 is 1.22 bits per heavy atom. The average Bonchev–Trinajstić information content (AvgIpc) is 3.23. The van der Waals surface area contributed by atoms with Gasteiger partial charge in [-0.15, -0.1) is 0 Å². The van der Waals surface area contributed by atoms with Crippen LogP contribution in [0, 0.1) is 0 Å². The first-order valence-corrected chi connectivity index (χ1v) is 19.1. The number of nitrogens with one attached hydrogen (secondary N) is 1. The molecule has 2 aliphatic carbocycles. The Morgan fingerprint density at radius 1 is 0.672 bits per heavy atom. The molecule has 0 atom stereocenters. The Labute approximate surface area is 336 Å². The summed E-state index contributed by atoms with van der Waals surface area (Å²) in [6.07, 6.45) is 0. The molecule has 2 heterocycles. The van der Waals surface area contributed by atoms with Gasteiger partial charge in [0.15, 0.2) is 5.43 Å². The molecular formula is C48H45N2O8-. The molecule has 0 unspecified atom stereocenters. The highest BCUT2D eigenvalue weighted by Crippen LogP contribution is 2.43. The van der Waals surface area contributed by atoms with Crippen molar-refractivity contribution in [2.45, 2.75) is 41.2 Å². The number of hydrogen-bond donors (Lipinski definition) is 3. The van der Waals surface area contributed by atoms with Crippen molar-refractivity contribution in [2.75, 3.05) is 13.6 Å². The van der Waals surface area contributed by atoms with E-state index in [-0.39, 0.29) is 22.3 Å². The summed E-state index contributed by atoms with van der Waals surface area (Å²) in [7, 11) is 1.89. The number of phenols is 1. The number of nitrogens with zero attached hydrogens (tertiary/aromatic N) is 1. The SMILES string of the molecule is CC.CC.CCN=c1ccc2c(-c3ccccc3C(=O)[O-])c3ccc(CNC)cc3oc-2c1.O=C(O)c1ccccc1-c1c2ccc(=O)cc-2oc2cc(O)ccc12. The van der Waals surface area contributed by atoms with Crippen LogP contribution in [0.4, 0.5) is 0 Å². The van der Waals surface area contributed by atoms with Gasteiger partial charge in [-0.05, 0) is 79.2 Å². The van der Waals surface area contributed by atoms with Crippen LogP contribution in [0.15, 0.2) is 140 Å². The first-order chi connectivity index (χ1) is 28.2. The number of carboxylic acid groups (broad SMARTS) is 2. The molecule has 4 aliphatic rings. The minimum atomic E-state index is -1.20. The molecular weight excluding hydrogens is 733 g/mol. The van der Waals surface area contributed by atoms with E-state index in [4.69, 9.17) is 8.83 Å². The minimum absolute atomic E-state index is 0.0198. The van der Waals surface area contributed by atoms with E-state index in [1.165, 1.54) is 30.3 Å². The van der Waals surface area contributed by atoms with Crippen LogP contribution in [0.3, 0.4) is 0 Å². The van der Waals surface area contributed by atoms with E-state index in [9.17, 15) is 29.7 Å². The van der Waals surface area contributed by atoms with Crippen molar-refractivity contribution in [3.8, 4) is 50.7 Å². The molecule has 0 saturated carbocycles. The molecule has 10 nitrogen and oxygen atoms in total. The summed E-state index contributed by atoms with van der Waals surface area (Å²) >= 11 is 0. The van der Waals surface area contributed by atoms with E-state index in [1.807, 2.05) is 90.2 Å². The highest BCUT2D eigenvalue weighted by atomic mass is 16.4. The van der Waals surface area contributed by atoms with Gasteiger partial charge in [0.2, 0.25) is 0 Å². The molecule has 296 valence electrons. The van der Waals surface area contributed by atoms with E-state index >= 15 is 0 Å². The third kappa shape index (κ3) is 8.83. The number of hydrogen-bond acceptors (Lipinski definition) is 9. The molecule has 0 radical (unpaired) electrons. The van der Waals surface area contributed by atoms with Crippen molar-refractivity contribution >= 4 is 33.9 Å². The quantitative estimate of drug-likeness (QED) is 0.134. The van der Waals surface area contributed by atoms with Crippen molar-refractivity contribution in [3.63, 3.8) is 0 Å². The van der Waals surface area contributed by atoms with Gasteiger partial charge < -0.3 is 34.3 Å².